The molecule has 0 unspecified atom stereocenters. The van der Waals surface area contributed by atoms with Gasteiger partial charge in [0.15, 0.2) is 0 Å². The van der Waals surface area contributed by atoms with E-state index in [2.05, 4.69) is 9.97 Å². The van der Waals surface area contributed by atoms with Crippen LogP contribution in [0.15, 0.2) is 18.3 Å². The van der Waals surface area contributed by atoms with Gasteiger partial charge in [-0.15, -0.1) is 0 Å². The molecule has 0 radical (unpaired) electrons. The van der Waals surface area contributed by atoms with Crippen molar-refractivity contribution >= 4 is 19.1 Å². The van der Waals surface area contributed by atoms with E-state index in [9.17, 15) is 0 Å². The molecular weight excluding hydrogens is 137 g/mol. The molecule has 2 aromatic rings. The van der Waals surface area contributed by atoms with Crippen molar-refractivity contribution in [3.8, 4) is 0 Å². The first kappa shape index (κ1) is 6.40. The first-order chi connectivity index (χ1) is 5.29. The van der Waals surface area contributed by atoms with Crippen molar-refractivity contribution in [2.24, 2.45) is 0 Å². The molecule has 0 spiro atoms. The predicted molar refractivity (Wildman–Crippen MR) is 46.2 cm³/mol. The Morgan fingerprint density at radius 1 is 1.55 bits per heavy atom. The van der Waals surface area contributed by atoms with Gasteiger partial charge < -0.3 is 4.48 Å². The monoisotopic (exact) mass is 145 g/mol. The number of rotatable bonds is 0. The average molecular weight is 145 g/mol. The Kier molecular flexibility index (Phi) is 1.21. The van der Waals surface area contributed by atoms with Gasteiger partial charge in [-0.1, -0.05) is 0 Å². The highest BCUT2D eigenvalue weighted by atomic mass is 15.1. The number of aryl methyl sites for hydroxylation is 1. The Bertz CT molecular complexity index is 393. The van der Waals surface area contributed by atoms with Crippen molar-refractivity contribution < 1.29 is 0 Å². The zero-order valence-electron chi connectivity index (χ0n) is 6.57. The molecule has 2 rings (SSSR count). The largest absolute Gasteiger partial charge is 0.366 e. The Balaban J connectivity index is 2.92. The maximum atomic E-state index is 4.31. The van der Waals surface area contributed by atoms with Gasteiger partial charge in [-0.3, -0.25) is 0 Å². The zero-order chi connectivity index (χ0) is 7.84. The standard InChI is InChI=1S/C7H8BN3/c1-5-10-6-3-2-4-9-7(6)11(5)8/h2-4H,8H2,1H3. The highest BCUT2D eigenvalue weighted by Crippen LogP contribution is 2.09. The van der Waals surface area contributed by atoms with E-state index in [1.54, 1.807) is 6.20 Å². The van der Waals surface area contributed by atoms with Gasteiger partial charge in [0.05, 0.1) is 5.82 Å². The number of hydrogen-bond donors (Lipinski definition) is 0. The summed E-state index contributed by atoms with van der Waals surface area (Å²) < 4.78 is 1.98. The molecule has 0 aliphatic rings. The number of imidazole rings is 1. The molecule has 2 heterocycles. The molecule has 3 nitrogen and oxygen atoms in total. The van der Waals surface area contributed by atoms with Crippen LogP contribution in [-0.2, 0) is 0 Å². The van der Waals surface area contributed by atoms with Crippen molar-refractivity contribution in [3.63, 3.8) is 0 Å². The van der Waals surface area contributed by atoms with Crippen LogP contribution in [0.5, 0.6) is 0 Å². The molecule has 0 fully saturated rings. The number of aromatic nitrogens is 3. The summed E-state index contributed by atoms with van der Waals surface area (Å²) in [5, 5.41) is 0. The SMILES string of the molecule is Bn1c(C)nc2cccnc21. The summed E-state index contributed by atoms with van der Waals surface area (Å²) >= 11 is 0. The fourth-order valence-corrected chi connectivity index (χ4v) is 1.14. The first-order valence-corrected chi connectivity index (χ1v) is 3.53. The molecule has 0 N–H and O–H groups in total. The summed E-state index contributed by atoms with van der Waals surface area (Å²) in [6.45, 7) is 1.97. The smallest absolute Gasteiger partial charge is 0.227 e. The fraction of sp³-hybridized carbons (Fsp3) is 0.143. The van der Waals surface area contributed by atoms with E-state index in [0.717, 1.165) is 17.0 Å². The number of fused-ring (bicyclic) bond motifs is 1. The van der Waals surface area contributed by atoms with Crippen LogP contribution in [0.25, 0.3) is 11.2 Å². The molecule has 0 saturated carbocycles. The highest BCUT2D eigenvalue weighted by molar-refractivity contribution is 6.10. The van der Waals surface area contributed by atoms with Gasteiger partial charge in [0.2, 0.25) is 7.98 Å². The van der Waals surface area contributed by atoms with Crippen LogP contribution >= 0.6 is 0 Å². The lowest BCUT2D eigenvalue weighted by molar-refractivity contribution is 1.09. The molecule has 0 bridgehead atoms. The number of pyridine rings is 1. The lowest BCUT2D eigenvalue weighted by Gasteiger charge is -1.92. The van der Waals surface area contributed by atoms with Gasteiger partial charge in [-0.25, -0.2) is 9.97 Å². The first-order valence-electron chi connectivity index (χ1n) is 3.53. The second-order valence-corrected chi connectivity index (χ2v) is 2.56. The predicted octanol–water partition coefficient (Wildman–Crippen LogP) is 0.136. The Morgan fingerprint density at radius 3 is 3.09 bits per heavy atom. The molecule has 0 aliphatic heterocycles. The molecule has 0 amide bonds. The van der Waals surface area contributed by atoms with Gasteiger partial charge in [-0.05, 0) is 19.1 Å². The van der Waals surface area contributed by atoms with E-state index < -0.39 is 0 Å². The molecule has 54 valence electrons. The van der Waals surface area contributed by atoms with Crippen molar-refractivity contribution in [3.05, 3.63) is 24.2 Å². The van der Waals surface area contributed by atoms with E-state index in [-0.39, 0.29) is 0 Å². The molecule has 0 saturated heterocycles. The molecule has 2 aromatic heterocycles. The van der Waals surface area contributed by atoms with Gasteiger partial charge in [0, 0.05) is 6.20 Å². The van der Waals surface area contributed by atoms with E-state index in [0.29, 0.717) is 0 Å². The molecule has 0 aromatic carbocycles. The Labute approximate surface area is 65.5 Å². The van der Waals surface area contributed by atoms with Crippen molar-refractivity contribution in [2.75, 3.05) is 0 Å². The fourth-order valence-electron chi connectivity index (χ4n) is 1.14. The molecule has 0 aliphatic carbocycles. The maximum absolute atomic E-state index is 4.31. The third-order valence-corrected chi connectivity index (χ3v) is 1.85. The van der Waals surface area contributed by atoms with E-state index in [1.165, 1.54) is 0 Å². The summed E-state index contributed by atoms with van der Waals surface area (Å²) in [5.41, 5.74) is 1.91. The quantitative estimate of drug-likeness (QED) is 0.493. The average Bonchev–Trinajstić information content (AvgIpc) is 2.30. The van der Waals surface area contributed by atoms with Crippen molar-refractivity contribution in [1.29, 1.82) is 0 Å². The van der Waals surface area contributed by atoms with Gasteiger partial charge in [-0.2, -0.15) is 0 Å². The minimum absolute atomic E-state index is 0.949. The summed E-state index contributed by atoms with van der Waals surface area (Å²) in [4.78, 5) is 8.52. The Morgan fingerprint density at radius 2 is 2.36 bits per heavy atom. The van der Waals surface area contributed by atoms with E-state index >= 15 is 0 Å². The normalized spacial score (nSPS) is 10.6. The summed E-state index contributed by atoms with van der Waals surface area (Å²) in [7, 11) is 1.97. The molecule has 0 atom stereocenters. The third kappa shape index (κ3) is 0.825. The lowest BCUT2D eigenvalue weighted by Crippen LogP contribution is -1.94. The minimum Gasteiger partial charge on any atom is -0.366 e. The minimum atomic E-state index is 0.949. The second-order valence-electron chi connectivity index (χ2n) is 2.56. The highest BCUT2D eigenvalue weighted by Gasteiger charge is 2.01. The summed E-state index contributed by atoms with van der Waals surface area (Å²) in [6.07, 6.45) is 1.78. The molecule has 4 heteroatoms. The molecule has 11 heavy (non-hydrogen) atoms. The zero-order valence-corrected chi connectivity index (χ0v) is 6.57. The van der Waals surface area contributed by atoms with Crippen LogP contribution in [0.4, 0.5) is 0 Å². The van der Waals surface area contributed by atoms with Crippen LogP contribution in [0.2, 0.25) is 0 Å². The summed E-state index contributed by atoms with van der Waals surface area (Å²) in [6, 6.07) is 3.87. The van der Waals surface area contributed by atoms with Crippen molar-refractivity contribution in [2.45, 2.75) is 6.92 Å². The van der Waals surface area contributed by atoms with Crippen LogP contribution < -0.4 is 0 Å². The van der Waals surface area contributed by atoms with E-state index in [1.807, 2.05) is 31.5 Å². The molecular formula is C7H8BN3. The van der Waals surface area contributed by atoms with Crippen LogP contribution in [0.3, 0.4) is 0 Å². The third-order valence-electron chi connectivity index (χ3n) is 1.85. The van der Waals surface area contributed by atoms with Gasteiger partial charge in [0.25, 0.3) is 0 Å². The summed E-state index contributed by atoms with van der Waals surface area (Å²) in [5.74, 6) is 0.999. The van der Waals surface area contributed by atoms with Crippen LogP contribution in [0.1, 0.15) is 5.82 Å². The van der Waals surface area contributed by atoms with Crippen LogP contribution in [-0.4, -0.2) is 22.4 Å². The topological polar surface area (TPSA) is 30.7 Å². The van der Waals surface area contributed by atoms with Gasteiger partial charge >= 0.3 is 0 Å². The number of nitrogens with zero attached hydrogens (tertiary/aromatic N) is 3. The van der Waals surface area contributed by atoms with E-state index in [4.69, 9.17) is 0 Å². The van der Waals surface area contributed by atoms with Crippen molar-refractivity contribution in [1.82, 2.24) is 14.4 Å². The Hall–Kier alpha value is -1.32. The van der Waals surface area contributed by atoms with Crippen LogP contribution in [0, 0.1) is 6.92 Å². The second kappa shape index (κ2) is 2.08. The van der Waals surface area contributed by atoms with Gasteiger partial charge in [0.1, 0.15) is 11.2 Å². The maximum Gasteiger partial charge on any atom is 0.227 e. The number of hydrogen-bond acceptors (Lipinski definition) is 2. The lowest BCUT2D eigenvalue weighted by atomic mass is 10.3.